The molecular formula is C22H36N4. The minimum Gasteiger partial charge on any atom is -0.369 e. The Balaban J connectivity index is 1.21. The summed E-state index contributed by atoms with van der Waals surface area (Å²) < 4.78 is 0. The van der Waals surface area contributed by atoms with E-state index in [-0.39, 0.29) is 0 Å². The Morgan fingerprint density at radius 3 is 2.50 bits per heavy atom. The highest BCUT2D eigenvalue weighted by Gasteiger charge is 2.42. The van der Waals surface area contributed by atoms with Crippen LogP contribution in [0.1, 0.15) is 78.1 Å². The van der Waals surface area contributed by atoms with Crippen LogP contribution in [-0.4, -0.2) is 35.8 Å². The van der Waals surface area contributed by atoms with Crippen molar-refractivity contribution < 1.29 is 0 Å². The van der Waals surface area contributed by atoms with Crippen LogP contribution >= 0.6 is 0 Å². The third-order valence-electron chi connectivity index (χ3n) is 8.09. The maximum absolute atomic E-state index is 5.26. The molecule has 0 radical (unpaired) electrons. The van der Waals surface area contributed by atoms with E-state index in [9.17, 15) is 0 Å². The summed E-state index contributed by atoms with van der Waals surface area (Å²) in [7, 11) is 0. The van der Waals surface area contributed by atoms with Gasteiger partial charge in [-0.05, 0) is 76.0 Å². The first-order chi connectivity index (χ1) is 12.7. The van der Waals surface area contributed by atoms with Crippen LogP contribution in [0.15, 0.2) is 9.98 Å². The van der Waals surface area contributed by atoms with E-state index in [2.05, 4.69) is 24.5 Å². The van der Waals surface area contributed by atoms with E-state index >= 15 is 0 Å². The van der Waals surface area contributed by atoms with Gasteiger partial charge in [-0.2, -0.15) is 0 Å². The average Bonchev–Trinajstić information content (AvgIpc) is 3.22. The van der Waals surface area contributed by atoms with E-state index in [1.807, 2.05) is 0 Å². The predicted octanol–water partition coefficient (Wildman–Crippen LogP) is 3.91. The number of fused-ring (bicyclic) bond motifs is 2. The van der Waals surface area contributed by atoms with Crippen molar-refractivity contribution in [3.05, 3.63) is 0 Å². The summed E-state index contributed by atoms with van der Waals surface area (Å²) in [6, 6.07) is 2.39. The van der Waals surface area contributed by atoms with Crippen molar-refractivity contribution in [2.24, 2.45) is 33.7 Å². The van der Waals surface area contributed by atoms with Gasteiger partial charge in [0.15, 0.2) is 0 Å². The second-order valence-corrected chi connectivity index (χ2v) is 9.98. The van der Waals surface area contributed by atoms with Gasteiger partial charge in [0.05, 0.1) is 17.9 Å². The van der Waals surface area contributed by atoms with Gasteiger partial charge in [-0.3, -0.25) is 9.98 Å². The van der Waals surface area contributed by atoms with Crippen LogP contribution in [0.25, 0.3) is 0 Å². The maximum atomic E-state index is 5.26. The Labute approximate surface area is 158 Å². The van der Waals surface area contributed by atoms with Crippen molar-refractivity contribution >= 4 is 11.7 Å². The molecule has 8 unspecified atom stereocenters. The smallest absolute Gasteiger partial charge is 0.100 e. The predicted molar refractivity (Wildman–Crippen MR) is 108 cm³/mol. The fourth-order valence-electron chi connectivity index (χ4n) is 6.71. The summed E-state index contributed by atoms with van der Waals surface area (Å²) in [6.45, 7) is 4.55. The molecule has 2 aliphatic heterocycles. The standard InChI is InChI=1S/C22H36N4/c1-13-4-3-5-17(10-13)22-25-19-9-7-16(12-21(19)26-22)15-6-8-18-20(11-15)24-14(2)23-18/h13,15-21H,3-12H2,1-2H3,(H,23,24)(H,25,26). The van der Waals surface area contributed by atoms with E-state index in [1.54, 1.807) is 0 Å². The molecule has 0 aromatic carbocycles. The van der Waals surface area contributed by atoms with Crippen molar-refractivity contribution in [1.29, 1.82) is 0 Å². The molecule has 5 aliphatic rings. The summed E-state index contributed by atoms with van der Waals surface area (Å²) in [6.07, 6.45) is 13.6. The zero-order valence-corrected chi connectivity index (χ0v) is 16.6. The van der Waals surface area contributed by atoms with Gasteiger partial charge >= 0.3 is 0 Å². The van der Waals surface area contributed by atoms with E-state index in [1.165, 1.54) is 75.9 Å². The summed E-state index contributed by atoms with van der Waals surface area (Å²) in [5, 5.41) is 7.50. The Kier molecular flexibility index (Phi) is 4.48. The molecule has 4 nitrogen and oxygen atoms in total. The molecule has 0 bridgehead atoms. The lowest BCUT2D eigenvalue weighted by atomic mass is 9.69. The fraction of sp³-hybridized carbons (Fsp3) is 0.909. The molecule has 3 fully saturated rings. The van der Waals surface area contributed by atoms with E-state index in [0.29, 0.717) is 24.2 Å². The van der Waals surface area contributed by atoms with Crippen LogP contribution in [0.3, 0.4) is 0 Å². The van der Waals surface area contributed by atoms with Crippen LogP contribution in [0.4, 0.5) is 0 Å². The lowest BCUT2D eigenvalue weighted by Crippen LogP contribution is -2.45. The van der Waals surface area contributed by atoms with Crippen molar-refractivity contribution in [3.8, 4) is 0 Å². The lowest BCUT2D eigenvalue weighted by Gasteiger charge is -2.40. The fourth-order valence-corrected chi connectivity index (χ4v) is 6.71. The second kappa shape index (κ2) is 6.83. The Bertz CT molecular complexity index is 597. The SMILES string of the molecule is CC1=NC2CCC(C3CCC4NC(C5CCCC(C)C5)=NC4C3)CC2N1. The molecule has 2 heterocycles. The highest BCUT2D eigenvalue weighted by molar-refractivity contribution is 5.87. The minimum absolute atomic E-state index is 0.563. The van der Waals surface area contributed by atoms with Gasteiger partial charge in [0, 0.05) is 18.0 Å². The van der Waals surface area contributed by atoms with Crippen molar-refractivity contribution in [2.45, 2.75) is 102 Å². The quantitative estimate of drug-likeness (QED) is 0.788. The zero-order valence-electron chi connectivity index (χ0n) is 16.6. The molecule has 0 saturated heterocycles. The van der Waals surface area contributed by atoms with Crippen molar-refractivity contribution in [3.63, 3.8) is 0 Å². The Morgan fingerprint density at radius 2 is 1.62 bits per heavy atom. The van der Waals surface area contributed by atoms with Crippen LogP contribution in [0.2, 0.25) is 0 Å². The summed E-state index contributed by atoms with van der Waals surface area (Å²) in [5.41, 5.74) is 0. The summed E-state index contributed by atoms with van der Waals surface area (Å²) in [5.74, 6) is 5.93. The number of nitrogens with one attached hydrogen (secondary N) is 2. The van der Waals surface area contributed by atoms with E-state index in [0.717, 1.165) is 23.7 Å². The molecule has 0 aromatic heterocycles. The molecule has 3 aliphatic carbocycles. The molecule has 0 spiro atoms. The van der Waals surface area contributed by atoms with Crippen molar-refractivity contribution in [2.75, 3.05) is 0 Å². The number of aliphatic imine (C=N–C) groups is 2. The minimum atomic E-state index is 0.563. The molecule has 26 heavy (non-hydrogen) atoms. The van der Waals surface area contributed by atoms with Crippen LogP contribution in [-0.2, 0) is 0 Å². The largest absolute Gasteiger partial charge is 0.369 e. The molecule has 0 amide bonds. The third-order valence-corrected chi connectivity index (χ3v) is 8.09. The van der Waals surface area contributed by atoms with Gasteiger partial charge in [0.25, 0.3) is 0 Å². The highest BCUT2D eigenvalue weighted by Crippen LogP contribution is 2.42. The molecule has 0 aromatic rings. The second-order valence-electron chi connectivity index (χ2n) is 9.98. The van der Waals surface area contributed by atoms with Gasteiger partial charge in [-0.1, -0.05) is 19.8 Å². The molecule has 144 valence electrons. The van der Waals surface area contributed by atoms with Gasteiger partial charge in [-0.25, -0.2) is 0 Å². The lowest BCUT2D eigenvalue weighted by molar-refractivity contribution is 0.154. The van der Waals surface area contributed by atoms with Gasteiger partial charge in [-0.15, -0.1) is 0 Å². The van der Waals surface area contributed by atoms with Crippen LogP contribution in [0, 0.1) is 23.7 Å². The van der Waals surface area contributed by atoms with E-state index < -0.39 is 0 Å². The third kappa shape index (κ3) is 3.18. The average molecular weight is 357 g/mol. The normalized spacial score (nSPS) is 47.9. The molecule has 3 saturated carbocycles. The first kappa shape index (κ1) is 17.1. The Hall–Kier alpha value is -1.06. The van der Waals surface area contributed by atoms with E-state index in [4.69, 9.17) is 9.98 Å². The number of amidine groups is 2. The number of hydrogen-bond acceptors (Lipinski definition) is 4. The zero-order chi connectivity index (χ0) is 17.7. The number of nitrogens with zero attached hydrogens (tertiary/aromatic N) is 2. The molecule has 5 rings (SSSR count). The summed E-state index contributed by atoms with van der Waals surface area (Å²) in [4.78, 5) is 10.0. The first-order valence-electron chi connectivity index (χ1n) is 11.3. The summed E-state index contributed by atoms with van der Waals surface area (Å²) >= 11 is 0. The topological polar surface area (TPSA) is 48.8 Å². The molecule has 4 heteroatoms. The number of rotatable bonds is 2. The van der Waals surface area contributed by atoms with Crippen LogP contribution in [0.5, 0.6) is 0 Å². The molecule has 2 N–H and O–H groups in total. The van der Waals surface area contributed by atoms with Crippen LogP contribution < -0.4 is 10.6 Å². The maximum Gasteiger partial charge on any atom is 0.100 e. The highest BCUT2D eigenvalue weighted by atomic mass is 15.1. The Morgan fingerprint density at radius 1 is 0.769 bits per heavy atom. The van der Waals surface area contributed by atoms with Crippen molar-refractivity contribution in [1.82, 2.24) is 10.6 Å². The molecular weight excluding hydrogens is 320 g/mol. The monoisotopic (exact) mass is 356 g/mol. The van der Waals surface area contributed by atoms with Gasteiger partial charge < -0.3 is 10.6 Å². The molecule has 8 atom stereocenters. The first-order valence-corrected chi connectivity index (χ1v) is 11.3. The van der Waals surface area contributed by atoms with Gasteiger partial charge in [0.1, 0.15) is 5.84 Å². The number of hydrogen-bond donors (Lipinski definition) is 2. The van der Waals surface area contributed by atoms with Gasteiger partial charge in [0.2, 0.25) is 0 Å².